The molecule has 0 aliphatic heterocycles. The number of aromatic nitrogens is 1. The zero-order valence-electron chi connectivity index (χ0n) is 13.8. The number of halogens is 1. The van der Waals surface area contributed by atoms with Crippen molar-refractivity contribution in [3.05, 3.63) is 52.2 Å². The fourth-order valence-electron chi connectivity index (χ4n) is 2.63. The highest BCUT2D eigenvalue weighted by Gasteiger charge is 2.15. The molecular weight excluding hydrogens is 278 g/mol. The summed E-state index contributed by atoms with van der Waals surface area (Å²) < 4.78 is 0. The molecule has 0 saturated carbocycles. The lowest BCUT2D eigenvalue weighted by Crippen LogP contribution is -2.10. The highest BCUT2D eigenvalue weighted by Crippen LogP contribution is 2.31. The van der Waals surface area contributed by atoms with E-state index in [1.54, 1.807) is 0 Å². The Labute approximate surface area is 133 Å². The molecule has 0 saturated heterocycles. The van der Waals surface area contributed by atoms with E-state index in [0.29, 0.717) is 5.92 Å². The maximum atomic E-state index is 6.44. The van der Waals surface area contributed by atoms with Crippen LogP contribution in [0.2, 0.25) is 5.02 Å². The van der Waals surface area contributed by atoms with Crippen molar-refractivity contribution in [2.45, 2.75) is 52.9 Å². The molecule has 0 N–H and O–H groups in total. The van der Waals surface area contributed by atoms with Crippen LogP contribution in [0, 0.1) is 6.92 Å². The van der Waals surface area contributed by atoms with Crippen LogP contribution in [0.25, 0.3) is 11.3 Å². The maximum Gasteiger partial charge on any atom is 0.0720 e. The predicted molar refractivity (Wildman–Crippen MR) is 92.2 cm³/mol. The van der Waals surface area contributed by atoms with Crippen molar-refractivity contribution < 1.29 is 0 Å². The monoisotopic (exact) mass is 301 g/mol. The topological polar surface area (TPSA) is 12.9 Å². The second kappa shape index (κ2) is 5.81. The highest BCUT2D eigenvalue weighted by atomic mass is 35.5. The molecule has 0 amide bonds. The average molecular weight is 302 g/mol. The Morgan fingerprint density at radius 3 is 2.05 bits per heavy atom. The van der Waals surface area contributed by atoms with Gasteiger partial charge in [0, 0.05) is 16.3 Å². The number of nitrogens with zero attached hydrogens (tertiary/aromatic N) is 1. The molecule has 2 heteroatoms. The zero-order chi connectivity index (χ0) is 15.8. The summed E-state index contributed by atoms with van der Waals surface area (Å²) in [6.45, 7) is 13.0. The Hall–Kier alpha value is -1.34. The Morgan fingerprint density at radius 2 is 1.62 bits per heavy atom. The van der Waals surface area contributed by atoms with E-state index in [2.05, 4.69) is 58.9 Å². The lowest BCUT2D eigenvalue weighted by molar-refractivity contribution is 0.590. The third-order valence-electron chi connectivity index (χ3n) is 3.82. The van der Waals surface area contributed by atoms with Crippen LogP contribution < -0.4 is 0 Å². The Kier molecular flexibility index (Phi) is 4.43. The van der Waals surface area contributed by atoms with Crippen LogP contribution in [0.15, 0.2) is 30.3 Å². The van der Waals surface area contributed by atoms with E-state index >= 15 is 0 Å². The van der Waals surface area contributed by atoms with Crippen molar-refractivity contribution in [3.63, 3.8) is 0 Å². The van der Waals surface area contributed by atoms with Crippen molar-refractivity contribution in [1.29, 1.82) is 0 Å². The minimum absolute atomic E-state index is 0.168. The number of rotatable bonds is 2. The van der Waals surface area contributed by atoms with Gasteiger partial charge in [-0.1, -0.05) is 70.5 Å². The first-order chi connectivity index (χ1) is 9.70. The van der Waals surface area contributed by atoms with Gasteiger partial charge in [-0.2, -0.15) is 0 Å². The zero-order valence-corrected chi connectivity index (χ0v) is 14.5. The number of hydrogen-bond donors (Lipinski definition) is 0. The van der Waals surface area contributed by atoms with E-state index in [4.69, 9.17) is 16.6 Å². The lowest BCUT2D eigenvalue weighted by atomic mass is 9.86. The Morgan fingerprint density at radius 1 is 1.05 bits per heavy atom. The third-order valence-corrected chi connectivity index (χ3v) is 4.14. The summed E-state index contributed by atoms with van der Waals surface area (Å²) in [4.78, 5) is 4.73. The molecule has 1 heterocycles. The Bertz CT molecular complexity index is 611. The number of benzene rings is 1. The van der Waals surface area contributed by atoms with Gasteiger partial charge < -0.3 is 0 Å². The van der Waals surface area contributed by atoms with Gasteiger partial charge in [0.05, 0.1) is 5.69 Å². The molecule has 0 unspecified atom stereocenters. The first-order valence-electron chi connectivity index (χ1n) is 7.48. The smallest absolute Gasteiger partial charge is 0.0720 e. The molecule has 0 fully saturated rings. The van der Waals surface area contributed by atoms with E-state index in [0.717, 1.165) is 27.5 Å². The molecule has 0 atom stereocenters. The molecule has 0 aliphatic carbocycles. The van der Waals surface area contributed by atoms with E-state index in [-0.39, 0.29) is 5.41 Å². The number of pyridine rings is 1. The second-order valence-corrected chi connectivity index (χ2v) is 7.38. The summed E-state index contributed by atoms with van der Waals surface area (Å²) in [5.41, 5.74) is 5.72. The fraction of sp³-hybridized carbons (Fsp3) is 0.421. The Balaban J connectivity index is 2.44. The van der Waals surface area contributed by atoms with Crippen LogP contribution in [-0.2, 0) is 5.41 Å². The van der Waals surface area contributed by atoms with Crippen LogP contribution in [0.1, 0.15) is 57.4 Å². The van der Waals surface area contributed by atoms with Crippen molar-refractivity contribution in [2.75, 3.05) is 0 Å². The standard InChI is InChI=1S/C19H24ClN/c1-12(2)18-13(3)21-17(11-16(18)20)14-7-9-15(10-8-14)19(4,5)6/h7-12H,1-6H3. The number of aryl methyl sites for hydroxylation is 1. The molecule has 2 aromatic rings. The molecule has 112 valence electrons. The van der Waals surface area contributed by atoms with E-state index < -0.39 is 0 Å². The molecule has 0 radical (unpaired) electrons. The molecular formula is C19H24ClN. The van der Waals surface area contributed by atoms with Gasteiger partial charge in [-0.25, -0.2) is 0 Å². The van der Waals surface area contributed by atoms with Crippen molar-refractivity contribution in [2.24, 2.45) is 0 Å². The molecule has 1 aromatic heterocycles. The van der Waals surface area contributed by atoms with E-state index in [1.165, 1.54) is 5.56 Å². The van der Waals surface area contributed by atoms with Crippen LogP contribution in [0.4, 0.5) is 0 Å². The summed E-state index contributed by atoms with van der Waals surface area (Å²) in [6, 6.07) is 10.6. The summed E-state index contributed by atoms with van der Waals surface area (Å²) in [7, 11) is 0. The lowest BCUT2D eigenvalue weighted by Gasteiger charge is -2.19. The van der Waals surface area contributed by atoms with Crippen LogP contribution >= 0.6 is 11.6 Å². The summed E-state index contributed by atoms with van der Waals surface area (Å²) >= 11 is 6.44. The molecule has 21 heavy (non-hydrogen) atoms. The van der Waals surface area contributed by atoms with E-state index in [9.17, 15) is 0 Å². The van der Waals surface area contributed by atoms with Crippen LogP contribution in [0.5, 0.6) is 0 Å². The first-order valence-corrected chi connectivity index (χ1v) is 7.86. The molecule has 0 bridgehead atoms. The minimum Gasteiger partial charge on any atom is -0.253 e. The van der Waals surface area contributed by atoms with Gasteiger partial charge in [-0.3, -0.25) is 4.98 Å². The average Bonchev–Trinajstić information content (AvgIpc) is 2.36. The largest absolute Gasteiger partial charge is 0.253 e. The molecule has 1 nitrogen and oxygen atoms in total. The second-order valence-electron chi connectivity index (χ2n) is 6.97. The van der Waals surface area contributed by atoms with Gasteiger partial charge in [-0.15, -0.1) is 0 Å². The molecule has 0 aliphatic rings. The molecule has 1 aromatic carbocycles. The fourth-order valence-corrected chi connectivity index (χ4v) is 3.08. The van der Waals surface area contributed by atoms with Gasteiger partial charge in [0.25, 0.3) is 0 Å². The first kappa shape index (κ1) is 16.0. The summed E-state index contributed by atoms with van der Waals surface area (Å²) in [6.07, 6.45) is 0. The van der Waals surface area contributed by atoms with Crippen molar-refractivity contribution >= 4 is 11.6 Å². The third kappa shape index (κ3) is 3.47. The number of hydrogen-bond acceptors (Lipinski definition) is 1. The van der Waals surface area contributed by atoms with Gasteiger partial charge >= 0.3 is 0 Å². The van der Waals surface area contributed by atoms with Gasteiger partial charge in [-0.05, 0) is 35.4 Å². The summed E-state index contributed by atoms with van der Waals surface area (Å²) in [5, 5.41) is 0.812. The van der Waals surface area contributed by atoms with Crippen molar-refractivity contribution in [1.82, 2.24) is 4.98 Å². The summed E-state index contributed by atoms with van der Waals surface area (Å²) in [5.74, 6) is 0.391. The SMILES string of the molecule is Cc1nc(-c2ccc(C(C)(C)C)cc2)cc(Cl)c1C(C)C. The highest BCUT2D eigenvalue weighted by molar-refractivity contribution is 6.31. The molecule has 2 rings (SSSR count). The van der Waals surface area contributed by atoms with Crippen LogP contribution in [0.3, 0.4) is 0 Å². The van der Waals surface area contributed by atoms with Crippen molar-refractivity contribution in [3.8, 4) is 11.3 Å². The minimum atomic E-state index is 0.168. The van der Waals surface area contributed by atoms with Gasteiger partial charge in [0.1, 0.15) is 0 Å². The quantitative estimate of drug-likeness (QED) is 0.650. The normalized spacial score (nSPS) is 12.0. The molecule has 0 spiro atoms. The van der Waals surface area contributed by atoms with Crippen LogP contribution in [-0.4, -0.2) is 4.98 Å². The van der Waals surface area contributed by atoms with E-state index in [1.807, 2.05) is 13.0 Å². The van der Waals surface area contributed by atoms with Gasteiger partial charge in [0.15, 0.2) is 0 Å². The maximum absolute atomic E-state index is 6.44. The predicted octanol–water partition coefficient (Wildman–Crippen LogP) is 6.13. The van der Waals surface area contributed by atoms with Gasteiger partial charge in [0.2, 0.25) is 0 Å².